The van der Waals surface area contributed by atoms with E-state index in [2.05, 4.69) is 15.3 Å². The third kappa shape index (κ3) is 3.69. The molecule has 0 radical (unpaired) electrons. The van der Waals surface area contributed by atoms with Gasteiger partial charge in [-0.1, -0.05) is 48.2 Å². The van der Waals surface area contributed by atoms with Gasteiger partial charge in [0.05, 0.1) is 17.0 Å². The molecule has 0 atom stereocenters. The van der Waals surface area contributed by atoms with Gasteiger partial charge in [0.2, 0.25) is 5.91 Å². The highest BCUT2D eigenvalue weighted by molar-refractivity contribution is 7.99. The molecule has 1 heterocycles. The van der Waals surface area contributed by atoms with Crippen LogP contribution in [0.15, 0.2) is 53.7 Å². The molecule has 1 aliphatic rings. The van der Waals surface area contributed by atoms with Crippen LogP contribution in [0.1, 0.15) is 43.2 Å². The molecule has 29 heavy (non-hydrogen) atoms. The van der Waals surface area contributed by atoms with Gasteiger partial charge in [-0.25, -0.2) is 9.97 Å². The van der Waals surface area contributed by atoms with Gasteiger partial charge in [-0.2, -0.15) is 0 Å². The predicted octanol–water partition coefficient (Wildman–Crippen LogP) is 3.60. The Kier molecular flexibility index (Phi) is 4.98. The molecule has 6 nitrogen and oxygen atoms in total. The molecule has 1 amide bonds. The monoisotopic (exact) mass is 403 g/mol. The van der Waals surface area contributed by atoms with Crippen molar-refractivity contribution in [1.29, 1.82) is 0 Å². The third-order valence-corrected chi connectivity index (χ3v) is 5.37. The molecule has 0 fully saturated rings. The van der Waals surface area contributed by atoms with E-state index in [0.717, 1.165) is 11.4 Å². The molecule has 1 aromatic heterocycles. The van der Waals surface area contributed by atoms with Gasteiger partial charge in [0.15, 0.2) is 16.7 Å². The zero-order valence-corrected chi connectivity index (χ0v) is 16.7. The number of carbonyl (C=O) groups excluding carboxylic acids is 3. The van der Waals surface area contributed by atoms with Crippen LogP contribution in [0.5, 0.6) is 0 Å². The number of carbonyl (C=O) groups is 3. The molecular formula is C22H17N3O3S. The first-order chi connectivity index (χ1) is 13.9. The Labute approximate surface area is 171 Å². The minimum absolute atomic E-state index is 0.0886. The van der Waals surface area contributed by atoms with Crippen LogP contribution < -0.4 is 5.32 Å². The molecule has 2 aromatic carbocycles. The molecule has 0 bridgehead atoms. The van der Waals surface area contributed by atoms with Gasteiger partial charge in [-0.3, -0.25) is 14.4 Å². The van der Waals surface area contributed by atoms with E-state index in [-0.39, 0.29) is 28.8 Å². The number of benzene rings is 2. The second-order valence-electron chi connectivity index (χ2n) is 6.70. The lowest BCUT2D eigenvalue weighted by Crippen LogP contribution is -2.24. The van der Waals surface area contributed by atoms with Crippen LogP contribution in [0.25, 0.3) is 0 Å². The highest BCUT2D eigenvalue weighted by Gasteiger charge is 2.31. The van der Waals surface area contributed by atoms with Crippen LogP contribution in [0.3, 0.4) is 0 Å². The fourth-order valence-electron chi connectivity index (χ4n) is 3.32. The standard InChI is InChI=1S/C22H17N3O3S/c1-12-10-13(2)24-22(23-12)29-11-18(26)25-17-9-5-8-16-19(17)21(28)15-7-4-3-6-14(15)20(16)27/h3-10H,11H2,1-2H3,(H,25,26). The number of aromatic nitrogens is 2. The molecule has 0 saturated carbocycles. The number of rotatable bonds is 4. The second-order valence-corrected chi connectivity index (χ2v) is 7.64. The molecule has 0 spiro atoms. The highest BCUT2D eigenvalue weighted by atomic mass is 32.2. The van der Waals surface area contributed by atoms with Crippen molar-refractivity contribution in [2.45, 2.75) is 19.0 Å². The lowest BCUT2D eigenvalue weighted by molar-refractivity contribution is -0.113. The molecule has 1 N–H and O–H groups in total. The Morgan fingerprint density at radius 2 is 1.52 bits per heavy atom. The van der Waals surface area contributed by atoms with Crippen molar-refractivity contribution in [3.8, 4) is 0 Å². The van der Waals surface area contributed by atoms with Gasteiger partial charge in [0, 0.05) is 28.1 Å². The summed E-state index contributed by atoms with van der Waals surface area (Å²) < 4.78 is 0. The molecule has 144 valence electrons. The van der Waals surface area contributed by atoms with Crippen molar-refractivity contribution >= 4 is 34.9 Å². The summed E-state index contributed by atoms with van der Waals surface area (Å²) in [5.41, 5.74) is 3.28. The van der Waals surface area contributed by atoms with Gasteiger partial charge in [0.1, 0.15) is 0 Å². The summed E-state index contributed by atoms with van der Waals surface area (Å²) in [7, 11) is 0. The molecule has 0 unspecified atom stereocenters. The number of thioether (sulfide) groups is 1. The lowest BCUT2D eigenvalue weighted by Gasteiger charge is -2.20. The van der Waals surface area contributed by atoms with E-state index in [0.29, 0.717) is 27.5 Å². The number of hydrogen-bond donors (Lipinski definition) is 1. The third-order valence-electron chi connectivity index (χ3n) is 4.52. The average Bonchev–Trinajstić information content (AvgIpc) is 2.70. The molecule has 7 heteroatoms. The van der Waals surface area contributed by atoms with Gasteiger partial charge >= 0.3 is 0 Å². The van der Waals surface area contributed by atoms with Gasteiger partial charge in [-0.05, 0) is 26.0 Å². The summed E-state index contributed by atoms with van der Waals surface area (Å²) in [5, 5.41) is 3.28. The maximum Gasteiger partial charge on any atom is 0.234 e. The normalized spacial score (nSPS) is 12.3. The van der Waals surface area contributed by atoms with Crippen molar-refractivity contribution in [1.82, 2.24) is 9.97 Å². The van der Waals surface area contributed by atoms with Crippen LogP contribution in [-0.2, 0) is 4.79 Å². The smallest absolute Gasteiger partial charge is 0.234 e. The highest BCUT2D eigenvalue weighted by Crippen LogP contribution is 2.32. The molecule has 4 rings (SSSR count). The number of nitrogens with one attached hydrogen (secondary N) is 1. The molecule has 3 aromatic rings. The first kappa shape index (κ1) is 19.0. The van der Waals surface area contributed by atoms with Crippen molar-refractivity contribution in [2.75, 3.05) is 11.1 Å². The van der Waals surface area contributed by atoms with E-state index >= 15 is 0 Å². The van der Waals surface area contributed by atoms with Crippen LogP contribution in [-0.4, -0.2) is 33.2 Å². The lowest BCUT2D eigenvalue weighted by atomic mass is 9.83. The van der Waals surface area contributed by atoms with Crippen molar-refractivity contribution in [3.05, 3.63) is 82.2 Å². The van der Waals surface area contributed by atoms with Crippen LogP contribution in [0.4, 0.5) is 5.69 Å². The Balaban J connectivity index is 1.57. The summed E-state index contributed by atoms with van der Waals surface area (Å²) in [6, 6.07) is 13.5. The first-order valence-corrected chi connectivity index (χ1v) is 9.99. The Bertz CT molecular complexity index is 1150. The van der Waals surface area contributed by atoms with E-state index in [1.165, 1.54) is 11.8 Å². The fraction of sp³-hybridized carbons (Fsp3) is 0.136. The fourth-order valence-corrected chi connectivity index (χ4v) is 4.07. The number of anilines is 1. The second kappa shape index (κ2) is 7.60. The minimum atomic E-state index is -0.301. The molecule has 0 saturated heterocycles. The number of fused-ring (bicyclic) bond motifs is 2. The van der Waals surface area contributed by atoms with E-state index in [1.807, 2.05) is 19.9 Å². The predicted molar refractivity (Wildman–Crippen MR) is 111 cm³/mol. The summed E-state index contributed by atoms with van der Waals surface area (Å²) in [5.74, 6) is -0.698. The van der Waals surface area contributed by atoms with Crippen molar-refractivity contribution < 1.29 is 14.4 Å². The molecule has 0 aliphatic heterocycles. The van der Waals surface area contributed by atoms with E-state index in [9.17, 15) is 14.4 Å². The number of nitrogens with zero attached hydrogens (tertiary/aromatic N) is 2. The Morgan fingerprint density at radius 1 is 0.897 bits per heavy atom. The van der Waals surface area contributed by atoms with Gasteiger partial charge in [-0.15, -0.1) is 0 Å². The largest absolute Gasteiger partial charge is 0.325 e. The average molecular weight is 403 g/mol. The topological polar surface area (TPSA) is 89.0 Å². The summed E-state index contributed by atoms with van der Waals surface area (Å²) in [6.45, 7) is 3.74. The van der Waals surface area contributed by atoms with Crippen LogP contribution in [0.2, 0.25) is 0 Å². The van der Waals surface area contributed by atoms with Gasteiger partial charge in [0.25, 0.3) is 0 Å². The number of aryl methyl sites for hydroxylation is 2. The quantitative estimate of drug-likeness (QED) is 0.414. The Morgan fingerprint density at radius 3 is 2.21 bits per heavy atom. The van der Waals surface area contributed by atoms with E-state index in [1.54, 1.807) is 42.5 Å². The zero-order chi connectivity index (χ0) is 20.5. The minimum Gasteiger partial charge on any atom is -0.325 e. The first-order valence-electron chi connectivity index (χ1n) is 9.00. The maximum absolute atomic E-state index is 13.0. The molecular weight excluding hydrogens is 386 g/mol. The SMILES string of the molecule is Cc1cc(C)nc(SCC(=O)Nc2cccc3c2C(=O)c2ccccc2C3=O)n1. The Hall–Kier alpha value is -3.32. The van der Waals surface area contributed by atoms with Crippen LogP contribution >= 0.6 is 11.8 Å². The molecule has 1 aliphatic carbocycles. The number of ketones is 2. The van der Waals surface area contributed by atoms with Crippen molar-refractivity contribution in [3.63, 3.8) is 0 Å². The van der Waals surface area contributed by atoms with Gasteiger partial charge < -0.3 is 5.32 Å². The van der Waals surface area contributed by atoms with Crippen molar-refractivity contribution in [2.24, 2.45) is 0 Å². The number of hydrogen-bond acceptors (Lipinski definition) is 6. The van der Waals surface area contributed by atoms with Crippen LogP contribution in [0, 0.1) is 13.8 Å². The zero-order valence-electron chi connectivity index (χ0n) is 15.9. The number of amides is 1. The summed E-state index contributed by atoms with van der Waals surface area (Å²) in [4.78, 5) is 46.9. The summed E-state index contributed by atoms with van der Waals surface area (Å²) in [6.07, 6.45) is 0. The maximum atomic E-state index is 13.0. The van der Waals surface area contributed by atoms with E-state index in [4.69, 9.17) is 0 Å². The van der Waals surface area contributed by atoms with E-state index < -0.39 is 0 Å². The summed E-state index contributed by atoms with van der Waals surface area (Å²) >= 11 is 1.22.